The van der Waals surface area contributed by atoms with E-state index in [2.05, 4.69) is 5.32 Å². The average Bonchev–Trinajstić information content (AvgIpc) is 2.89. The third-order valence-corrected chi connectivity index (χ3v) is 3.36. The van der Waals surface area contributed by atoms with E-state index < -0.39 is 6.04 Å². The van der Waals surface area contributed by atoms with Gasteiger partial charge >= 0.3 is 0 Å². The van der Waals surface area contributed by atoms with Crippen LogP contribution in [0.1, 0.15) is 23.2 Å². The molecule has 0 radical (unpaired) electrons. The van der Waals surface area contributed by atoms with Crippen LogP contribution in [-0.4, -0.2) is 41.5 Å². The SMILES string of the molecule is CNC(=O)[C@@H]1CCCN1C(=O)c1cccc(N)c1O. The van der Waals surface area contributed by atoms with Crippen LogP contribution >= 0.6 is 0 Å². The van der Waals surface area contributed by atoms with Crippen LogP contribution in [0, 0.1) is 0 Å². The maximum absolute atomic E-state index is 12.4. The molecule has 6 nitrogen and oxygen atoms in total. The Kier molecular flexibility index (Phi) is 3.59. The highest BCUT2D eigenvalue weighted by Gasteiger charge is 2.34. The molecule has 1 heterocycles. The topological polar surface area (TPSA) is 95.7 Å². The first-order valence-electron chi connectivity index (χ1n) is 6.16. The Balaban J connectivity index is 2.28. The number of nitrogen functional groups attached to an aromatic ring is 1. The van der Waals surface area contributed by atoms with Crippen molar-refractivity contribution in [3.63, 3.8) is 0 Å². The maximum atomic E-state index is 12.4. The highest BCUT2D eigenvalue weighted by Crippen LogP contribution is 2.28. The molecule has 1 saturated heterocycles. The van der Waals surface area contributed by atoms with E-state index in [9.17, 15) is 14.7 Å². The second kappa shape index (κ2) is 5.17. The van der Waals surface area contributed by atoms with Crippen LogP contribution < -0.4 is 11.1 Å². The molecule has 0 unspecified atom stereocenters. The fraction of sp³-hybridized carbons (Fsp3) is 0.385. The van der Waals surface area contributed by atoms with Crippen LogP contribution in [0.4, 0.5) is 5.69 Å². The fourth-order valence-electron chi connectivity index (χ4n) is 2.34. The van der Waals surface area contributed by atoms with Gasteiger partial charge in [-0.05, 0) is 25.0 Å². The minimum absolute atomic E-state index is 0.135. The van der Waals surface area contributed by atoms with Crippen LogP contribution in [0.5, 0.6) is 5.75 Å². The molecule has 2 amide bonds. The number of anilines is 1. The number of para-hydroxylation sites is 1. The number of carbonyl (C=O) groups excluding carboxylic acids is 2. The first kappa shape index (κ1) is 13.2. The van der Waals surface area contributed by atoms with Crippen LogP contribution in [0.15, 0.2) is 18.2 Å². The Morgan fingerprint density at radius 2 is 2.21 bits per heavy atom. The van der Waals surface area contributed by atoms with Crippen molar-refractivity contribution < 1.29 is 14.7 Å². The molecule has 6 heteroatoms. The number of phenols is 1. The summed E-state index contributed by atoms with van der Waals surface area (Å²) in [7, 11) is 1.54. The number of benzene rings is 1. The zero-order valence-electron chi connectivity index (χ0n) is 10.7. The third-order valence-electron chi connectivity index (χ3n) is 3.36. The van der Waals surface area contributed by atoms with Crippen molar-refractivity contribution in [2.24, 2.45) is 0 Å². The van der Waals surface area contributed by atoms with Crippen LogP contribution in [-0.2, 0) is 4.79 Å². The highest BCUT2D eigenvalue weighted by molar-refractivity contribution is 6.01. The van der Waals surface area contributed by atoms with E-state index >= 15 is 0 Å². The van der Waals surface area contributed by atoms with Gasteiger partial charge in [0.1, 0.15) is 6.04 Å². The summed E-state index contributed by atoms with van der Waals surface area (Å²) in [5, 5.41) is 12.4. The summed E-state index contributed by atoms with van der Waals surface area (Å²) in [5.41, 5.74) is 5.87. The Morgan fingerprint density at radius 1 is 1.47 bits per heavy atom. The number of likely N-dealkylation sites (N-methyl/N-ethyl adjacent to an activating group) is 1. The predicted molar refractivity (Wildman–Crippen MR) is 70.6 cm³/mol. The van der Waals surface area contributed by atoms with Gasteiger partial charge in [-0.25, -0.2) is 0 Å². The number of carbonyl (C=O) groups is 2. The lowest BCUT2D eigenvalue weighted by Crippen LogP contribution is -2.44. The van der Waals surface area contributed by atoms with Gasteiger partial charge in [-0.2, -0.15) is 0 Å². The second-order valence-corrected chi connectivity index (χ2v) is 4.51. The Bertz CT molecular complexity index is 516. The summed E-state index contributed by atoms with van der Waals surface area (Å²) in [6.45, 7) is 0.505. The van der Waals surface area contributed by atoms with E-state index in [-0.39, 0.29) is 28.8 Å². The summed E-state index contributed by atoms with van der Waals surface area (Å²) in [6.07, 6.45) is 1.40. The Hall–Kier alpha value is -2.24. The van der Waals surface area contributed by atoms with E-state index in [1.807, 2.05) is 0 Å². The summed E-state index contributed by atoms with van der Waals surface area (Å²) >= 11 is 0. The summed E-state index contributed by atoms with van der Waals surface area (Å²) in [5.74, 6) is -0.778. The van der Waals surface area contributed by atoms with Crippen molar-refractivity contribution in [2.75, 3.05) is 19.3 Å². The van der Waals surface area contributed by atoms with Crippen molar-refractivity contribution in [3.05, 3.63) is 23.8 Å². The highest BCUT2D eigenvalue weighted by atomic mass is 16.3. The molecule has 1 aliphatic heterocycles. The minimum Gasteiger partial charge on any atom is -0.505 e. The lowest BCUT2D eigenvalue weighted by molar-refractivity contribution is -0.124. The van der Waals surface area contributed by atoms with Crippen molar-refractivity contribution in [3.8, 4) is 5.75 Å². The molecule has 1 aromatic rings. The molecule has 0 saturated carbocycles. The summed E-state index contributed by atoms with van der Waals surface area (Å²) in [6, 6.07) is 4.16. The van der Waals surface area contributed by atoms with Gasteiger partial charge in [0.2, 0.25) is 5.91 Å². The van der Waals surface area contributed by atoms with E-state index in [0.29, 0.717) is 13.0 Å². The first-order chi connectivity index (χ1) is 9.06. The number of nitrogens with one attached hydrogen (secondary N) is 1. The number of hydrogen-bond donors (Lipinski definition) is 3. The Morgan fingerprint density at radius 3 is 2.89 bits per heavy atom. The standard InChI is InChI=1S/C13H17N3O3/c1-15-12(18)10-6-3-7-16(10)13(19)8-4-2-5-9(14)11(8)17/h2,4-5,10,17H,3,6-7,14H2,1H3,(H,15,18)/t10-/m0/s1. The molecule has 102 valence electrons. The van der Waals surface area contributed by atoms with E-state index in [1.54, 1.807) is 13.1 Å². The molecule has 0 aromatic heterocycles. The zero-order valence-corrected chi connectivity index (χ0v) is 10.7. The molecule has 1 atom stereocenters. The van der Waals surface area contributed by atoms with Gasteiger partial charge in [0.05, 0.1) is 11.3 Å². The van der Waals surface area contributed by atoms with Crippen LogP contribution in [0.2, 0.25) is 0 Å². The van der Waals surface area contributed by atoms with Gasteiger partial charge in [-0.1, -0.05) is 6.07 Å². The van der Waals surface area contributed by atoms with Gasteiger partial charge < -0.3 is 21.1 Å². The van der Waals surface area contributed by atoms with Crippen molar-refractivity contribution in [1.29, 1.82) is 0 Å². The molecule has 0 aliphatic carbocycles. The predicted octanol–water partition coefficient (Wildman–Crippen LogP) is 0.325. The monoisotopic (exact) mass is 263 g/mol. The average molecular weight is 263 g/mol. The van der Waals surface area contributed by atoms with Crippen molar-refractivity contribution in [2.45, 2.75) is 18.9 Å². The maximum Gasteiger partial charge on any atom is 0.258 e. The largest absolute Gasteiger partial charge is 0.505 e. The summed E-state index contributed by atoms with van der Waals surface area (Å²) < 4.78 is 0. The van der Waals surface area contributed by atoms with Crippen LogP contribution in [0.3, 0.4) is 0 Å². The third kappa shape index (κ3) is 2.33. The zero-order chi connectivity index (χ0) is 14.0. The van der Waals surface area contributed by atoms with E-state index in [4.69, 9.17) is 5.73 Å². The molecule has 2 rings (SSSR count). The van der Waals surface area contributed by atoms with Gasteiger partial charge in [-0.3, -0.25) is 9.59 Å². The molecule has 0 spiro atoms. The molecule has 0 bridgehead atoms. The number of amides is 2. The number of likely N-dealkylation sites (tertiary alicyclic amines) is 1. The van der Waals surface area contributed by atoms with Gasteiger partial charge in [0, 0.05) is 13.6 Å². The number of nitrogens with zero attached hydrogens (tertiary/aromatic N) is 1. The molecule has 4 N–H and O–H groups in total. The molecule has 1 fully saturated rings. The summed E-state index contributed by atoms with van der Waals surface area (Å²) in [4.78, 5) is 25.6. The normalized spacial score (nSPS) is 18.4. The fourth-order valence-corrected chi connectivity index (χ4v) is 2.34. The quantitative estimate of drug-likeness (QED) is 0.529. The van der Waals surface area contributed by atoms with Crippen molar-refractivity contribution in [1.82, 2.24) is 10.2 Å². The molecule has 1 aliphatic rings. The van der Waals surface area contributed by atoms with Gasteiger partial charge in [-0.15, -0.1) is 0 Å². The smallest absolute Gasteiger partial charge is 0.258 e. The van der Waals surface area contributed by atoms with Gasteiger partial charge in [0.15, 0.2) is 5.75 Å². The van der Waals surface area contributed by atoms with Gasteiger partial charge in [0.25, 0.3) is 5.91 Å². The number of phenolic OH excluding ortho intramolecular Hbond substituents is 1. The van der Waals surface area contributed by atoms with Crippen molar-refractivity contribution >= 4 is 17.5 Å². The lowest BCUT2D eigenvalue weighted by atomic mass is 10.1. The number of nitrogens with two attached hydrogens (primary N) is 1. The number of rotatable bonds is 2. The van der Waals surface area contributed by atoms with E-state index in [1.165, 1.54) is 17.0 Å². The van der Waals surface area contributed by atoms with Crippen LogP contribution in [0.25, 0.3) is 0 Å². The minimum atomic E-state index is -0.474. The number of aromatic hydroxyl groups is 1. The van der Waals surface area contributed by atoms with E-state index in [0.717, 1.165) is 6.42 Å². The Labute approximate surface area is 111 Å². The second-order valence-electron chi connectivity index (χ2n) is 4.51. The molecule has 19 heavy (non-hydrogen) atoms. The lowest BCUT2D eigenvalue weighted by Gasteiger charge is -2.23. The number of hydrogen-bond acceptors (Lipinski definition) is 4. The molecule has 1 aromatic carbocycles. The molecular formula is C13H17N3O3. The first-order valence-corrected chi connectivity index (χ1v) is 6.16. The molecular weight excluding hydrogens is 246 g/mol.